The highest BCUT2D eigenvalue weighted by molar-refractivity contribution is 6.27. The molecule has 216 valence electrons. The first kappa shape index (κ1) is 32.7. The highest BCUT2D eigenvalue weighted by Crippen LogP contribution is 2.68. The number of carbonyl (C=O) groups is 3. The average molecular weight is 537 g/mol. The molecule has 39 heavy (non-hydrogen) atoms. The largest absolute Gasteiger partial charge is 0.510 e. The normalized spacial score (nSPS) is 28.3. The number of allylic oxidation sites excluding steroid dienone is 10. The van der Waals surface area contributed by atoms with E-state index in [0.29, 0.717) is 25.7 Å². The van der Waals surface area contributed by atoms with Gasteiger partial charge in [-0.1, -0.05) is 67.4 Å². The molecule has 0 aromatic rings. The molecule has 4 atom stereocenters. The molecule has 2 rings (SSSR count). The quantitative estimate of drug-likeness (QED) is 0.211. The molecule has 1 N–H and O–H groups in total. The van der Waals surface area contributed by atoms with Gasteiger partial charge in [0.1, 0.15) is 5.76 Å². The monoisotopic (exact) mass is 536 g/mol. The molecule has 0 saturated heterocycles. The third kappa shape index (κ3) is 5.86. The molecule has 2 aliphatic carbocycles. The van der Waals surface area contributed by atoms with Crippen LogP contribution in [0, 0.1) is 28.1 Å². The van der Waals surface area contributed by atoms with Crippen molar-refractivity contribution >= 4 is 17.3 Å². The summed E-state index contributed by atoms with van der Waals surface area (Å²) in [6.45, 7) is 21.6. The molecular formula is C35H52O4. The molecule has 0 unspecified atom stereocenters. The first-order valence-corrected chi connectivity index (χ1v) is 14.6. The molecule has 0 spiro atoms. The van der Waals surface area contributed by atoms with Gasteiger partial charge in [-0.15, -0.1) is 0 Å². The second-order valence-corrected chi connectivity index (χ2v) is 13.5. The minimum Gasteiger partial charge on any atom is -0.510 e. The van der Waals surface area contributed by atoms with Gasteiger partial charge in [0.15, 0.2) is 22.8 Å². The zero-order valence-electron chi connectivity index (χ0n) is 26.4. The van der Waals surface area contributed by atoms with Crippen molar-refractivity contribution in [3.63, 3.8) is 0 Å². The van der Waals surface area contributed by atoms with Gasteiger partial charge in [0.25, 0.3) is 0 Å². The molecule has 0 aliphatic heterocycles. The van der Waals surface area contributed by atoms with Crippen molar-refractivity contribution in [3.05, 3.63) is 57.9 Å². The van der Waals surface area contributed by atoms with Gasteiger partial charge in [-0.25, -0.2) is 0 Å². The fraction of sp³-hybridized carbons (Fsp3) is 0.629. The minimum atomic E-state index is -1.76. The highest BCUT2D eigenvalue weighted by Gasteiger charge is 2.75. The Labute approximate surface area is 237 Å². The third-order valence-corrected chi connectivity index (χ3v) is 8.97. The molecule has 4 heteroatoms. The van der Waals surface area contributed by atoms with Crippen LogP contribution in [-0.2, 0) is 14.4 Å². The summed E-state index contributed by atoms with van der Waals surface area (Å²) in [5.74, 6) is -1.87. The van der Waals surface area contributed by atoms with E-state index >= 15 is 0 Å². The average Bonchev–Trinajstić information content (AvgIpc) is 2.81. The lowest BCUT2D eigenvalue weighted by atomic mass is 9.38. The molecule has 0 aromatic carbocycles. The van der Waals surface area contributed by atoms with Crippen LogP contribution in [0.4, 0.5) is 0 Å². The van der Waals surface area contributed by atoms with E-state index in [9.17, 15) is 19.5 Å². The first-order valence-electron chi connectivity index (χ1n) is 14.6. The van der Waals surface area contributed by atoms with Crippen molar-refractivity contribution < 1.29 is 19.5 Å². The number of ketones is 3. The second kappa shape index (κ2) is 12.4. The van der Waals surface area contributed by atoms with Crippen molar-refractivity contribution in [2.75, 3.05) is 0 Å². The van der Waals surface area contributed by atoms with E-state index in [1.165, 1.54) is 5.57 Å². The number of fused-ring (bicyclic) bond motifs is 2. The Balaban J connectivity index is 3.11. The molecule has 0 radical (unpaired) electrons. The van der Waals surface area contributed by atoms with Gasteiger partial charge in [0.2, 0.25) is 0 Å². The van der Waals surface area contributed by atoms with Crippen LogP contribution >= 0.6 is 0 Å². The lowest BCUT2D eigenvalue weighted by molar-refractivity contribution is -0.178. The highest BCUT2D eigenvalue weighted by atomic mass is 16.3. The van der Waals surface area contributed by atoms with Crippen LogP contribution in [0.15, 0.2) is 57.9 Å². The van der Waals surface area contributed by atoms with Gasteiger partial charge in [-0.05, 0) is 105 Å². The minimum absolute atomic E-state index is 0.139. The van der Waals surface area contributed by atoms with Crippen LogP contribution in [0.1, 0.15) is 115 Å². The number of hydrogen-bond acceptors (Lipinski definition) is 4. The smallest absolute Gasteiger partial charge is 0.176 e. The van der Waals surface area contributed by atoms with Crippen molar-refractivity contribution in [1.29, 1.82) is 0 Å². The SMILES string of the molecule is CC(C)=CCC[C@]1(C)[C@H](CC=C(C)C)C[C@]2(CC=C(C)C)C(=O)C(CC=C(C)C)=C(O)[C@@]1(C(=O)C(C)C)C2=O. The number of hydrogen-bond donors (Lipinski definition) is 1. The summed E-state index contributed by atoms with van der Waals surface area (Å²) < 4.78 is 0. The standard InChI is InChI=1S/C35H52O4/c1-22(2)13-12-19-33(11)27(16-14-23(3)4)21-34(20-18-25(7)8)30(37)28(17-15-24(5)6)31(38)35(33,32(34)39)29(36)26(9)10/h13-15,18,26-27,38H,12,16-17,19-21H2,1-11H3/t27-,33-,34-,35+/m1/s1. The van der Waals surface area contributed by atoms with Crippen molar-refractivity contribution in [2.45, 2.75) is 115 Å². The topological polar surface area (TPSA) is 71.4 Å². The number of aliphatic hydroxyl groups is 1. The predicted octanol–water partition coefficient (Wildman–Crippen LogP) is 8.99. The van der Waals surface area contributed by atoms with E-state index in [2.05, 4.69) is 12.2 Å². The van der Waals surface area contributed by atoms with Crippen molar-refractivity contribution in [2.24, 2.45) is 28.1 Å². The van der Waals surface area contributed by atoms with Gasteiger partial charge in [0.05, 0.1) is 5.41 Å². The van der Waals surface area contributed by atoms with E-state index in [4.69, 9.17) is 0 Å². The number of Topliss-reactive ketones (excluding diaryl/α,β-unsaturated/α-hetero) is 3. The first-order chi connectivity index (χ1) is 18.0. The lowest BCUT2D eigenvalue weighted by Gasteiger charge is -2.61. The molecule has 2 aliphatic rings. The fourth-order valence-electron chi connectivity index (χ4n) is 6.72. The summed E-state index contributed by atoms with van der Waals surface area (Å²) >= 11 is 0. The molecular weight excluding hydrogens is 484 g/mol. The van der Waals surface area contributed by atoms with Gasteiger partial charge < -0.3 is 5.11 Å². The number of aliphatic hydroxyl groups excluding tert-OH is 1. The summed E-state index contributed by atoms with van der Waals surface area (Å²) in [5, 5.41) is 12.2. The third-order valence-electron chi connectivity index (χ3n) is 8.97. The Hall–Kier alpha value is -2.49. The van der Waals surface area contributed by atoms with Crippen LogP contribution in [0.2, 0.25) is 0 Å². The predicted molar refractivity (Wildman–Crippen MR) is 161 cm³/mol. The number of rotatable bonds is 11. The fourth-order valence-corrected chi connectivity index (χ4v) is 6.72. The summed E-state index contributed by atoms with van der Waals surface area (Å²) in [4.78, 5) is 43.9. The summed E-state index contributed by atoms with van der Waals surface area (Å²) in [6.07, 6.45) is 10.9. The Kier molecular flexibility index (Phi) is 10.4. The molecule has 1 fully saturated rings. The summed E-state index contributed by atoms with van der Waals surface area (Å²) in [7, 11) is 0. The number of carbonyl (C=O) groups excluding carboxylic acids is 3. The van der Waals surface area contributed by atoms with Gasteiger partial charge >= 0.3 is 0 Å². The molecule has 4 nitrogen and oxygen atoms in total. The summed E-state index contributed by atoms with van der Waals surface area (Å²) in [6, 6.07) is 0. The zero-order valence-corrected chi connectivity index (χ0v) is 26.4. The zero-order chi connectivity index (χ0) is 29.9. The molecule has 0 aromatic heterocycles. The van der Waals surface area contributed by atoms with E-state index < -0.39 is 22.2 Å². The molecule has 0 heterocycles. The second-order valence-electron chi connectivity index (χ2n) is 13.5. The van der Waals surface area contributed by atoms with Crippen LogP contribution in [0.3, 0.4) is 0 Å². The molecule has 2 bridgehead atoms. The molecule has 0 amide bonds. The lowest BCUT2D eigenvalue weighted by Crippen LogP contribution is -2.70. The maximum Gasteiger partial charge on any atom is 0.176 e. The van der Waals surface area contributed by atoms with Crippen LogP contribution < -0.4 is 0 Å². The van der Waals surface area contributed by atoms with Gasteiger partial charge in [0, 0.05) is 11.5 Å². The Morgan fingerprint density at radius 2 is 1.44 bits per heavy atom. The maximum absolute atomic E-state index is 15.0. The Morgan fingerprint density at radius 3 is 1.92 bits per heavy atom. The van der Waals surface area contributed by atoms with Crippen molar-refractivity contribution in [1.82, 2.24) is 0 Å². The Morgan fingerprint density at radius 1 is 0.897 bits per heavy atom. The van der Waals surface area contributed by atoms with Crippen LogP contribution in [-0.4, -0.2) is 22.5 Å². The maximum atomic E-state index is 15.0. The van der Waals surface area contributed by atoms with E-state index in [-0.39, 0.29) is 47.4 Å². The molecule has 1 saturated carbocycles. The van der Waals surface area contributed by atoms with E-state index in [1.807, 2.05) is 74.5 Å². The van der Waals surface area contributed by atoms with E-state index in [0.717, 1.165) is 16.7 Å². The van der Waals surface area contributed by atoms with Crippen LogP contribution in [0.5, 0.6) is 0 Å². The van der Waals surface area contributed by atoms with Gasteiger partial charge in [-0.2, -0.15) is 0 Å². The summed E-state index contributed by atoms with van der Waals surface area (Å²) in [5.41, 5.74) is 0.611. The van der Waals surface area contributed by atoms with E-state index in [1.54, 1.807) is 13.8 Å². The van der Waals surface area contributed by atoms with Crippen LogP contribution in [0.25, 0.3) is 0 Å². The van der Waals surface area contributed by atoms with Crippen molar-refractivity contribution in [3.8, 4) is 0 Å². The Bertz CT molecular complexity index is 1140. The van der Waals surface area contributed by atoms with Gasteiger partial charge in [-0.3, -0.25) is 14.4 Å².